The van der Waals surface area contributed by atoms with Gasteiger partial charge in [0.25, 0.3) is 0 Å². The summed E-state index contributed by atoms with van der Waals surface area (Å²) in [6.45, 7) is 0.873. The molecule has 0 atom stereocenters. The Morgan fingerprint density at radius 2 is 1.67 bits per heavy atom. The van der Waals surface area contributed by atoms with Crippen LogP contribution in [0.15, 0.2) is 0 Å². The fraction of sp³-hybridized carbons (Fsp3) is 1.00. The highest BCUT2D eigenvalue weighted by Crippen LogP contribution is 2.09. The fourth-order valence-electron chi connectivity index (χ4n) is 0.463. The van der Waals surface area contributed by atoms with E-state index in [1.54, 1.807) is 0 Å². The molecule has 0 rings (SSSR count). The number of nitrogens with zero attached hydrogens (tertiary/aromatic N) is 1. The number of hydrogen-bond donors (Lipinski definition) is 0. The van der Waals surface area contributed by atoms with E-state index in [2.05, 4.69) is 0 Å². The van der Waals surface area contributed by atoms with E-state index in [-0.39, 0.29) is 17.0 Å². The monoisotopic (exact) mass is 281 g/mol. The van der Waals surface area contributed by atoms with E-state index < -0.39 is 8.87 Å². The van der Waals surface area contributed by atoms with E-state index in [1.807, 2.05) is 21.1 Å². The summed E-state index contributed by atoms with van der Waals surface area (Å²) >= 11 is 0. The summed E-state index contributed by atoms with van der Waals surface area (Å²) in [5.74, 6) is 0.669. The third-order valence-electron chi connectivity index (χ3n) is 1.06. The Labute approximate surface area is 89.2 Å². The first kappa shape index (κ1) is 15.2. The Hall–Kier alpha value is 0.740. The van der Waals surface area contributed by atoms with Crippen LogP contribution in [0.25, 0.3) is 0 Å². The molecule has 76 valence electrons. The minimum absolute atomic E-state index is 0. The molecule has 0 unspecified atom stereocenters. The second-order valence-corrected chi connectivity index (χ2v) is 8.12. The van der Waals surface area contributed by atoms with Crippen LogP contribution in [-0.4, -0.2) is 52.6 Å². The highest BCUT2D eigenvalue weighted by atomic mass is 79.9. The number of hydrogen-bond acceptors (Lipinski definition) is 3. The van der Waals surface area contributed by atoms with Crippen molar-refractivity contribution in [1.82, 2.24) is 0 Å². The molecule has 0 aliphatic carbocycles. The molecule has 0 aliphatic rings. The first-order valence-corrected chi connectivity index (χ1v) is 6.75. The second-order valence-electron chi connectivity index (χ2n) is 3.54. The third-order valence-corrected chi connectivity index (χ3v) is 3.62. The summed E-state index contributed by atoms with van der Waals surface area (Å²) in [6, 6.07) is 0. The molecule has 0 fully saturated rings. The van der Waals surface area contributed by atoms with E-state index in [4.69, 9.17) is 0 Å². The minimum atomic E-state index is -2.84. The molecular weight excluding hydrogens is 266 g/mol. The zero-order valence-corrected chi connectivity index (χ0v) is 11.1. The number of halogens is 1. The average Bonchev–Trinajstić information content (AvgIpc) is 1.55. The van der Waals surface area contributed by atoms with Crippen LogP contribution < -0.4 is 17.0 Å². The SMILES string of the molecule is C[N+](C)(C)[14CH2][14CH2]SS(C)(=O)=O.[Br-]. The summed E-state index contributed by atoms with van der Waals surface area (Å²) in [6.07, 6.45) is 1.24. The Morgan fingerprint density at radius 1 is 1.25 bits per heavy atom. The van der Waals surface area contributed by atoms with Gasteiger partial charge in [-0.3, -0.25) is 0 Å². The van der Waals surface area contributed by atoms with E-state index in [9.17, 15) is 8.42 Å². The van der Waals surface area contributed by atoms with Crippen molar-refractivity contribution in [2.45, 2.75) is 0 Å². The van der Waals surface area contributed by atoms with Crippen molar-refractivity contribution >= 4 is 19.7 Å². The summed E-state index contributed by atoms with van der Waals surface area (Å²) in [7, 11) is 4.31. The zero-order valence-electron chi connectivity index (χ0n) is 7.87. The van der Waals surface area contributed by atoms with Crippen LogP contribution in [0, 0.1) is 0 Å². The maximum atomic E-state index is 10.7. The maximum Gasteiger partial charge on any atom is 0.198 e. The molecular formula is C6H16BrNO2S2. The van der Waals surface area contributed by atoms with Gasteiger partial charge in [-0.05, 0) is 10.8 Å². The normalized spacial score (nSPS) is 12.3. The Balaban J connectivity index is 0. The van der Waals surface area contributed by atoms with Gasteiger partial charge in [-0.2, -0.15) is 0 Å². The van der Waals surface area contributed by atoms with Crippen molar-refractivity contribution in [2.75, 3.05) is 39.7 Å². The first-order valence-electron chi connectivity index (χ1n) is 3.35. The molecule has 0 radical (unpaired) electrons. The van der Waals surface area contributed by atoms with Crippen molar-refractivity contribution in [2.24, 2.45) is 0 Å². The molecule has 0 saturated carbocycles. The van der Waals surface area contributed by atoms with Gasteiger partial charge in [0.1, 0.15) is 0 Å². The highest BCUT2D eigenvalue weighted by molar-refractivity contribution is 8.71. The van der Waals surface area contributed by atoms with Crippen LogP contribution in [0.5, 0.6) is 0 Å². The van der Waals surface area contributed by atoms with Crippen LogP contribution in [0.1, 0.15) is 0 Å². The minimum Gasteiger partial charge on any atom is -1.00 e. The lowest BCUT2D eigenvalue weighted by atomic mass is 10.9. The topological polar surface area (TPSA) is 34.1 Å². The molecule has 3 nitrogen and oxygen atoms in total. The van der Waals surface area contributed by atoms with E-state index in [0.717, 1.165) is 21.8 Å². The second kappa shape index (κ2) is 5.47. The van der Waals surface area contributed by atoms with Gasteiger partial charge in [0.2, 0.25) is 0 Å². The van der Waals surface area contributed by atoms with Gasteiger partial charge in [-0.1, -0.05) is 0 Å². The van der Waals surface area contributed by atoms with Crippen LogP contribution >= 0.6 is 10.8 Å². The molecule has 0 heterocycles. The van der Waals surface area contributed by atoms with Crippen molar-refractivity contribution in [3.8, 4) is 0 Å². The zero-order chi connectivity index (χ0) is 9.12. The van der Waals surface area contributed by atoms with E-state index >= 15 is 0 Å². The van der Waals surface area contributed by atoms with Crippen LogP contribution in [-0.2, 0) is 8.87 Å². The molecule has 0 bridgehead atoms. The lowest BCUT2D eigenvalue weighted by Crippen LogP contribution is -3.00. The number of rotatable bonds is 4. The molecule has 0 saturated heterocycles. The van der Waals surface area contributed by atoms with Gasteiger partial charge < -0.3 is 21.5 Å². The molecule has 0 spiro atoms. The van der Waals surface area contributed by atoms with Gasteiger partial charge in [0.05, 0.1) is 33.4 Å². The molecule has 0 amide bonds. The quantitative estimate of drug-likeness (QED) is 0.418. The molecule has 0 aromatic rings. The molecule has 6 heteroatoms. The predicted molar refractivity (Wildman–Crippen MR) is 50.2 cm³/mol. The maximum absolute atomic E-state index is 10.7. The van der Waals surface area contributed by atoms with Gasteiger partial charge in [0.15, 0.2) is 8.87 Å². The fourth-order valence-corrected chi connectivity index (χ4v) is 2.52. The van der Waals surface area contributed by atoms with Gasteiger partial charge in [0, 0.05) is 6.26 Å². The summed E-state index contributed by atoms with van der Waals surface area (Å²) in [4.78, 5) is 0. The molecule has 0 aliphatic heterocycles. The predicted octanol–water partition coefficient (Wildman–Crippen LogP) is -2.61. The summed E-state index contributed by atoms with van der Waals surface area (Å²) < 4.78 is 22.2. The Bertz CT molecular complexity index is 208. The molecule has 12 heavy (non-hydrogen) atoms. The lowest BCUT2D eigenvalue weighted by Gasteiger charge is -2.22. The third kappa shape index (κ3) is 13.3. The van der Waals surface area contributed by atoms with Crippen molar-refractivity contribution < 1.29 is 29.9 Å². The van der Waals surface area contributed by atoms with Crippen molar-refractivity contribution in [3.05, 3.63) is 0 Å². The Morgan fingerprint density at radius 3 is 1.92 bits per heavy atom. The van der Waals surface area contributed by atoms with E-state index in [1.165, 1.54) is 6.26 Å². The van der Waals surface area contributed by atoms with Crippen molar-refractivity contribution in [3.63, 3.8) is 0 Å². The molecule has 0 aromatic heterocycles. The Kier molecular flexibility index (Phi) is 6.93. The average molecular weight is 282 g/mol. The molecule has 0 N–H and O–H groups in total. The van der Waals surface area contributed by atoms with Crippen LogP contribution in [0.4, 0.5) is 0 Å². The van der Waals surface area contributed by atoms with Gasteiger partial charge in [-0.15, -0.1) is 0 Å². The van der Waals surface area contributed by atoms with Crippen molar-refractivity contribution in [1.29, 1.82) is 0 Å². The van der Waals surface area contributed by atoms with Gasteiger partial charge in [-0.25, -0.2) is 8.42 Å². The first-order chi connectivity index (χ1) is 4.71. The smallest absolute Gasteiger partial charge is 0.198 e. The van der Waals surface area contributed by atoms with E-state index in [0.29, 0.717) is 5.75 Å². The van der Waals surface area contributed by atoms with Crippen LogP contribution in [0.3, 0.4) is 0 Å². The number of quaternary nitrogens is 1. The summed E-state index contributed by atoms with van der Waals surface area (Å²) in [5.41, 5.74) is 0. The largest absolute Gasteiger partial charge is 1.00 e. The lowest BCUT2D eigenvalue weighted by molar-refractivity contribution is -0.867. The highest BCUT2D eigenvalue weighted by Gasteiger charge is 2.09. The van der Waals surface area contributed by atoms with Gasteiger partial charge >= 0.3 is 0 Å². The standard InChI is InChI=1S/C6H16NO2S2.BrH/c1-7(2,3)5-6-10-11(4,8)9;/h5-6H2,1-4H3;1H/q+1;/p-1/i5+2,6+2;. The summed E-state index contributed by atoms with van der Waals surface area (Å²) in [5, 5.41) is 0. The van der Waals surface area contributed by atoms with Crippen LogP contribution in [0.2, 0.25) is 0 Å². The molecule has 0 aromatic carbocycles.